The Morgan fingerprint density at radius 2 is 1.45 bits per heavy atom. The van der Waals surface area contributed by atoms with Crippen LogP contribution >= 0.6 is 0 Å². The third-order valence-corrected chi connectivity index (χ3v) is 7.28. The minimum Gasteiger partial charge on any atom is -0.427 e. The van der Waals surface area contributed by atoms with Crippen molar-refractivity contribution >= 4 is 5.97 Å². The highest BCUT2D eigenvalue weighted by molar-refractivity contribution is 5.73. The highest BCUT2D eigenvalue weighted by Gasteiger charge is 2.22. The number of unbranched alkanes of at least 4 members (excludes halogenated alkanes) is 4. The fourth-order valence-corrected chi connectivity index (χ4v) is 5.07. The fourth-order valence-electron chi connectivity index (χ4n) is 5.07. The molecule has 0 heterocycles. The van der Waals surface area contributed by atoms with Crippen LogP contribution in [-0.2, 0) is 4.79 Å². The van der Waals surface area contributed by atoms with E-state index in [1.54, 1.807) is 0 Å². The molecular weight excluding hydrogens is 404 g/mol. The quantitative estimate of drug-likeness (QED) is 0.184. The summed E-state index contributed by atoms with van der Waals surface area (Å²) < 4.78 is 5.51. The van der Waals surface area contributed by atoms with Gasteiger partial charge in [0.1, 0.15) is 5.75 Å². The van der Waals surface area contributed by atoms with Crippen molar-refractivity contribution in [1.82, 2.24) is 0 Å². The van der Waals surface area contributed by atoms with Crippen molar-refractivity contribution in [3.8, 4) is 16.9 Å². The number of esters is 1. The van der Waals surface area contributed by atoms with E-state index in [0.717, 1.165) is 30.6 Å². The Morgan fingerprint density at radius 3 is 2.06 bits per heavy atom. The van der Waals surface area contributed by atoms with Crippen LogP contribution in [0.15, 0.2) is 48.5 Å². The van der Waals surface area contributed by atoms with Crippen molar-refractivity contribution < 1.29 is 9.53 Å². The van der Waals surface area contributed by atoms with Crippen LogP contribution in [0.25, 0.3) is 11.1 Å². The highest BCUT2D eigenvalue weighted by Crippen LogP contribution is 2.38. The molecule has 0 amide bonds. The summed E-state index contributed by atoms with van der Waals surface area (Å²) in [5.74, 6) is 3.01. The van der Waals surface area contributed by atoms with Crippen molar-refractivity contribution in [3.63, 3.8) is 0 Å². The molecule has 2 nitrogen and oxygen atoms in total. The molecule has 0 bridgehead atoms. The summed E-state index contributed by atoms with van der Waals surface area (Å²) in [5.41, 5.74) is 3.88. The molecule has 3 rings (SSSR count). The molecule has 0 atom stereocenters. The lowest BCUT2D eigenvalue weighted by Gasteiger charge is -2.29. The van der Waals surface area contributed by atoms with E-state index in [0.29, 0.717) is 12.2 Å². The van der Waals surface area contributed by atoms with Gasteiger partial charge in [-0.3, -0.25) is 4.79 Å². The molecule has 2 aromatic rings. The van der Waals surface area contributed by atoms with Crippen LogP contribution < -0.4 is 4.74 Å². The van der Waals surface area contributed by atoms with Crippen LogP contribution in [-0.4, -0.2) is 5.97 Å². The second-order valence-corrected chi connectivity index (χ2v) is 10.5. The molecule has 2 heteroatoms. The summed E-state index contributed by atoms with van der Waals surface area (Å²) in [6.45, 7) is 6.88. The van der Waals surface area contributed by atoms with Gasteiger partial charge in [0, 0.05) is 6.42 Å². The topological polar surface area (TPSA) is 26.3 Å². The normalized spacial score (nSPS) is 18.4. The van der Waals surface area contributed by atoms with Crippen molar-refractivity contribution in [2.45, 2.75) is 104 Å². The van der Waals surface area contributed by atoms with Crippen LogP contribution in [0.4, 0.5) is 0 Å². The maximum Gasteiger partial charge on any atom is 0.311 e. The predicted molar refractivity (Wildman–Crippen MR) is 140 cm³/mol. The van der Waals surface area contributed by atoms with Crippen molar-refractivity contribution in [1.29, 1.82) is 0 Å². The van der Waals surface area contributed by atoms with Gasteiger partial charge in [-0.2, -0.15) is 0 Å². The van der Waals surface area contributed by atoms with Gasteiger partial charge in [0.25, 0.3) is 0 Å². The maximum absolute atomic E-state index is 12.1. The van der Waals surface area contributed by atoms with E-state index in [1.807, 2.05) is 12.1 Å². The van der Waals surface area contributed by atoms with Crippen LogP contribution in [0.3, 0.4) is 0 Å². The van der Waals surface area contributed by atoms with Crippen LogP contribution in [0.1, 0.15) is 109 Å². The smallest absolute Gasteiger partial charge is 0.311 e. The lowest BCUT2D eigenvalue weighted by molar-refractivity contribution is -0.134. The van der Waals surface area contributed by atoms with Gasteiger partial charge in [-0.15, -0.1) is 0 Å². The van der Waals surface area contributed by atoms with Crippen LogP contribution in [0.2, 0.25) is 0 Å². The Morgan fingerprint density at radius 1 is 0.848 bits per heavy atom. The Kier molecular flexibility index (Phi) is 10.5. The third kappa shape index (κ3) is 8.65. The summed E-state index contributed by atoms with van der Waals surface area (Å²) in [6, 6.07) is 17.1. The summed E-state index contributed by atoms with van der Waals surface area (Å²) in [5, 5.41) is 0. The fraction of sp³-hybridized carbons (Fsp3) is 0.581. The summed E-state index contributed by atoms with van der Waals surface area (Å²) in [7, 11) is 0. The van der Waals surface area contributed by atoms with E-state index >= 15 is 0 Å². The largest absolute Gasteiger partial charge is 0.427 e. The van der Waals surface area contributed by atoms with E-state index < -0.39 is 0 Å². The molecule has 1 fully saturated rings. The summed E-state index contributed by atoms with van der Waals surface area (Å²) in [4.78, 5) is 12.1. The van der Waals surface area contributed by atoms with Gasteiger partial charge in [0.2, 0.25) is 0 Å². The number of rotatable bonds is 12. The molecule has 1 aliphatic rings. The van der Waals surface area contributed by atoms with Crippen molar-refractivity contribution in [3.05, 3.63) is 54.1 Å². The van der Waals surface area contributed by atoms with E-state index in [2.05, 4.69) is 57.2 Å². The molecule has 0 saturated heterocycles. The molecule has 0 aromatic heterocycles. The second-order valence-electron chi connectivity index (χ2n) is 10.5. The number of ether oxygens (including phenoxy) is 1. The molecular formula is C31H44O2. The Hall–Kier alpha value is -2.09. The number of hydrogen-bond donors (Lipinski definition) is 0. The van der Waals surface area contributed by atoms with E-state index in [-0.39, 0.29) is 5.97 Å². The molecule has 0 spiro atoms. The molecule has 0 radical (unpaired) electrons. The van der Waals surface area contributed by atoms with E-state index in [1.165, 1.54) is 74.5 Å². The third-order valence-electron chi connectivity index (χ3n) is 7.28. The van der Waals surface area contributed by atoms with Gasteiger partial charge >= 0.3 is 5.97 Å². The Bertz CT molecular complexity index is 811. The Labute approximate surface area is 202 Å². The van der Waals surface area contributed by atoms with Gasteiger partial charge in [-0.25, -0.2) is 0 Å². The number of hydrogen-bond acceptors (Lipinski definition) is 2. The zero-order chi connectivity index (χ0) is 23.5. The van der Waals surface area contributed by atoms with E-state index in [9.17, 15) is 4.79 Å². The lowest BCUT2D eigenvalue weighted by Crippen LogP contribution is -2.14. The molecule has 0 unspecified atom stereocenters. The van der Waals surface area contributed by atoms with Gasteiger partial charge in [-0.1, -0.05) is 95.7 Å². The monoisotopic (exact) mass is 448 g/mol. The number of carbonyl (C=O) groups excluding carboxylic acids is 1. The van der Waals surface area contributed by atoms with Gasteiger partial charge in [0.15, 0.2) is 0 Å². The first-order valence-electron chi connectivity index (χ1n) is 13.5. The second kappa shape index (κ2) is 13.6. The summed E-state index contributed by atoms with van der Waals surface area (Å²) in [6.07, 6.45) is 14.4. The minimum absolute atomic E-state index is 0.123. The van der Waals surface area contributed by atoms with Gasteiger partial charge < -0.3 is 4.74 Å². The minimum atomic E-state index is -0.123. The molecule has 0 aliphatic heterocycles. The lowest BCUT2D eigenvalue weighted by atomic mass is 9.76. The maximum atomic E-state index is 12.1. The molecule has 2 aromatic carbocycles. The first kappa shape index (κ1) is 25.5. The zero-order valence-corrected chi connectivity index (χ0v) is 21.2. The van der Waals surface area contributed by atoms with Crippen molar-refractivity contribution in [2.24, 2.45) is 11.8 Å². The van der Waals surface area contributed by atoms with Crippen molar-refractivity contribution in [2.75, 3.05) is 0 Å². The number of carbonyl (C=O) groups is 1. The molecule has 0 N–H and O–H groups in total. The first-order chi connectivity index (χ1) is 16.0. The SMILES string of the molecule is CCCCCCCC(=O)Oc1ccc(-c2ccc(C3CCC(CCC(C)C)CC3)cc2)cc1. The molecule has 180 valence electrons. The molecule has 1 aliphatic carbocycles. The first-order valence-corrected chi connectivity index (χ1v) is 13.5. The van der Waals surface area contributed by atoms with Gasteiger partial charge in [0.05, 0.1) is 0 Å². The standard InChI is InChI=1S/C31H44O2/c1-4-5-6-7-8-9-31(32)33-30-22-20-29(21-23-30)28-18-16-27(17-19-28)26-14-12-25(13-15-26)11-10-24(2)3/h16-26H,4-15H2,1-3H3. The highest BCUT2D eigenvalue weighted by atomic mass is 16.5. The predicted octanol–water partition coefficient (Wildman–Crippen LogP) is 9.33. The molecule has 1 saturated carbocycles. The average Bonchev–Trinajstić information content (AvgIpc) is 2.83. The van der Waals surface area contributed by atoms with E-state index in [4.69, 9.17) is 4.74 Å². The van der Waals surface area contributed by atoms with Crippen LogP contribution in [0.5, 0.6) is 5.75 Å². The van der Waals surface area contributed by atoms with Gasteiger partial charge in [-0.05, 0) is 78.7 Å². The number of benzene rings is 2. The average molecular weight is 449 g/mol. The zero-order valence-electron chi connectivity index (χ0n) is 21.2. The summed E-state index contributed by atoms with van der Waals surface area (Å²) >= 11 is 0. The molecule has 33 heavy (non-hydrogen) atoms. The van der Waals surface area contributed by atoms with Crippen LogP contribution in [0, 0.1) is 11.8 Å². The Balaban J connectivity index is 1.45.